The predicted molar refractivity (Wildman–Crippen MR) is 42.1 cm³/mol. The Kier molecular flexibility index (Phi) is 1.53. The van der Waals surface area contributed by atoms with Crippen molar-refractivity contribution in [2.24, 2.45) is 0 Å². The van der Waals surface area contributed by atoms with Crippen molar-refractivity contribution < 1.29 is 4.79 Å². The fourth-order valence-electron chi connectivity index (χ4n) is 1.42. The number of nitrogens with one attached hydrogen (secondary N) is 1. The number of aryl methyl sites for hydroxylation is 1. The summed E-state index contributed by atoms with van der Waals surface area (Å²) < 4.78 is 0. The molecular formula is C8H8N2O2. The van der Waals surface area contributed by atoms with Crippen LogP contribution in [0.1, 0.15) is 28.9 Å². The zero-order valence-corrected chi connectivity index (χ0v) is 6.46. The van der Waals surface area contributed by atoms with Crippen molar-refractivity contribution in [2.45, 2.75) is 19.3 Å². The van der Waals surface area contributed by atoms with E-state index in [2.05, 4.69) is 9.97 Å². The molecule has 1 heterocycles. The highest BCUT2D eigenvalue weighted by atomic mass is 16.1. The van der Waals surface area contributed by atoms with Gasteiger partial charge in [-0.1, -0.05) is 0 Å². The largest absolute Gasteiger partial charge is 0.345 e. The molecule has 2 rings (SSSR count). The minimum absolute atomic E-state index is 0.0238. The summed E-state index contributed by atoms with van der Waals surface area (Å²) in [6, 6.07) is 0. The Morgan fingerprint density at radius 2 is 2.17 bits per heavy atom. The average molecular weight is 164 g/mol. The molecule has 0 spiro atoms. The van der Waals surface area contributed by atoms with Gasteiger partial charge in [0.2, 0.25) is 0 Å². The van der Waals surface area contributed by atoms with Crippen molar-refractivity contribution in [3.05, 3.63) is 27.9 Å². The molecule has 1 aromatic heterocycles. The van der Waals surface area contributed by atoms with Crippen LogP contribution in [0, 0.1) is 0 Å². The summed E-state index contributed by atoms with van der Waals surface area (Å²) in [5, 5.41) is 0. The fourth-order valence-corrected chi connectivity index (χ4v) is 1.42. The molecule has 4 nitrogen and oxygen atoms in total. The van der Waals surface area contributed by atoms with Crippen LogP contribution < -0.4 is 5.69 Å². The molecule has 0 radical (unpaired) electrons. The van der Waals surface area contributed by atoms with Gasteiger partial charge in [-0.05, 0) is 18.4 Å². The Morgan fingerprint density at radius 3 is 3.00 bits per heavy atom. The van der Waals surface area contributed by atoms with Gasteiger partial charge in [0.15, 0.2) is 5.78 Å². The molecule has 1 aromatic rings. The molecule has 1 aliphatic rings. The van der Waals surface area contributed by atoms with Gasteiger partial charge in [-0.3, -0.25) is 4.79 Å². The number of carbonyl (C=O) groups is 1. The summed E-state index contributed by atoms with van der Waals surface area (Å²) in [7, 11) is 0. The highest BCUT2D eigenvalue weighted by Crippen LogP contribution is 2.16. The molecule has 0 aliphatic heterocycles. The van der Waals surface area contributed by atoms with Crippen LogP contribution >= 0.6 is 0 Å². The van der Waals surface area contributed by atoms with E-state index >= 15 is 0 Å². The Morgan fingerprint density at radius 1 is 1.33 bits per heavy atom. The molecule has 0 fully saturated rings. The van der Waals surface area contributed by atoms with E-state index < -0.39 is 5.69 Å². The van der Waals surface area contributed by atoms with Crippen LogP contribution in [0.25, 0.3) is 0 Å². The van der Waals surface area contributed by atoms with Crippen LogP contribution in [0.2, 0.25) is 0 Å². The first-order valence-corrected chi connectivity index (χ1v) is 3.89. The van der Waals surface area contributed by atoms with Crippen LogP contribution in [0.3, 0.4) is 0 Å². The summed E-state index contributed by atoms with van der Waals surface area (Å²) in [5.41, 5.74) is 0.885. The zero-order chi connectivity index (χ0) is 8.55. The molecule has 12 heavy (non-hydrogen) atoms. The molecule has 0 aromatic carbocycles. The van der Waals surface area contributed by atoms with Crippen LogP contribution in [0.15, 0.2) is 11.0 Å². The summed E-state index contributed by atoms with van der Waals surface area (Å²) in [6.45, 7) is 0. The smallest absolute Gasteiger partial charge is 0.303 e. The topological polar surface area (TPSA) is 62.8 Å². The lowest BCUT2D eigenvalue weighted by atomic mass is 9.96. The summed E-state index contributed by atoms with van der Waals surface area (Å²) >= 11 is 0. The summed E-state index contributed by atoms with van der Waals surface area (Å²) in [4.78, 5) is 28.0. The number of nitrogens with zero attached hydrogens (tertiary/aromatic N) is 1. The summed E-state index contributed by atoms with van der Waals surface area (Å²) in [5.74, 6) is 0.0238. The molecule has 0 amide bonds. The second-order valence-electron chi connectivity index (χ2n) is 2.87. The van der Waals surface area contributed by atoms with E-state index in [-0.39, 0.29) is 5.78 Å². The SMILES string of the molecule is O=C1CCCc2cnc(=O)[nH]c21. The van der Waals surface area contributed by atoms with Crippen molar-refractivity contribution in [1.82, 2.24) is 9.97 Å². The third-order valence-corrected chi connectivity index (χ3v) is 2.02. The second-order valence-corrected chi connectivity index (χ2v) is 2.87. The number of hydrogen-bond donors (Lipinski definition) is 1. The number of fused-ring (bicyclic) bond motifs is 1. The van der Waals surface area contributed by atoms with Crippen LogP contribution in [0.4, 0.5) is 0 Å². The van der Waals surface area contributed by atoms with E-state index in [9.17, 15) is 9.59 Å². The average Bonchev–Trinajstić information content (AvgIpc) is 2.07. The first-order valence-electron chi connectivity index (χ1n) is 3.89. The maximum Gasteiger partial charge on any atom is 0.345 e. The molecule has 0 saturated carbocycles. The Labute approximate surface area is 68.6 Å². The van der Waals surface area contributed by atoms with E-state index in [1.54, 1.807) is 0 Å². The quantitative estimate of drug-likeness (QED) is 0.599. The number of aromatic nitrogens is 2. The number of H-pyrrole nitrogens is 1. The molecule has 0 atom stereocenters. The predicted octanol–water partition coefficient (Wildman–Crippen LogP) is 0.289. The fraction of sp³-hybridized carbons (Fsp3) is 0.375. The van der Waals surface area contributed by atoms with E-state index in [1.807, 2.05) is 0 Å². The van der Waals surface area contributed by atoms with Gasteiger partial charge >= 0.3 is 5.69 Å². The van der Waals surface area contributed by atoms with E-state index in [0.29, 0.717) is 12.1 Å². The summed E-state index contributed by atoms with van der Waals surface area (Å²) in [6.07, 6.45) is 3.72. The third-order valence-electron chi connectivity index (χ3n) is 2.02. The van der Waals surface area contributed by atoms with Crippen molar-refractivity contribution in [1.29, 1.82) is 0 Å². The van der Waals surface area contributed by atoms with Gasteiger partial charge in [-0.25, -0.2) is 9.78 Å². The minimum Gasteiger partial charge on any atom is -0.303 e. The van der Waals surface area contributed by atoms with Crippen molar-refractivity contribution in [2.75, 3.05) is 0 Å². The normalized spacial score (nSPS) is 15.8. The van der Waals surface area contributed by atoms with Gasteiger partial charge in [-0.15, -0.1) is 0 Å². The van der Waals surface area contributed by atoms with Crippen LogP contribution in [0.5, 0.6) is 0 Å². The highest BCUT2D eigenvalue weighted by molar-refractivity contribution is 5.96. The molecular weight excluding hydrogens is 156 g/mol. The molecule has 1 N–H and O–H groups in total. The number of carbonyl (C=O) groups excluding carboxylic acids is 1. The molecule has 4 heteroatoms. The van der Waals surface area contributed by atoms with E-state index in [0.717, 1.165) is 18.4 Å². The first-order chi connectivity index (χ1) is 5.77. The molecule has 0 bridgehead atoms. The standard InChI is InChI=1S/C8H8N2O2/c11-6-3-1-2-5-4-9-8(12)10-7(5)6/h4H,1-3H2,(H,9,10,12). The zero-order valence-electron chi connectivity index (χ0n) is 6.46. The monoisotopic (exact) mass is 164 g/mol. The maximum atomic E-state index is 11.2. The number of ketones is 1. The number of Topliss-reactive ketones (excluding diaryl/α,β-unsaturated/α-hetero) is 1. The Hall–Kier alpha value is -1.45. The number of hydrogen-bond acceptors (Lipinski definition) is 3. The number of rotatable bonds is 0. The van der Waals surface area contributed by atoms with E-state index in [4.69, 9.17) is 0 Å². The molecule has 1 aliphatic carbocycles. The lowest BCUT2D eigenvalue weighted by Gasteiger charge is -2.11. The Balaban J connectivity index is 2.61. The van der Waals surface area contributed by atoms with Gasteiger partial charge in [-0.2, -0.15) is 0 Å². The van der Waals surface area contributed by atoms with Crippen molar-refractivity contribution in [3.8, 4) is 0 Å². The van der Waals surface area contributed by atoms with E-state index in [1.165, 1.54) is 6.20 Å². The minimum atomic E-state index is -0.441. The first kappa shape index (κ1) is 7.21. The maximum absolute atomic E-state index is 11.2. The molecule has 0 saturated heterocycles. The van der Waals surface area contributed by atoms with Gasteiger partial charge in [0, 0.05) is 12.6 Å². The van der Waals surface area contributed by atoms with Gasteiger partial charge in [0.05, 0.1) is 5.69 Å². The van der Waals surface area contributed by atoms with Crippen molar-refractivity contribution in [3.63, 3.8) is 0 Å². The Bertz CT molecular complexity index is 381. The number of aromatic amines is 1. The third kappa shape index (κ3) is 1.05. The van der Waals surface area contributed by atoms with Gasteiger partial charge in [0.25, 0.3) is 0 Å². The molecule has 62 valence electrons. The van der Waals surface area contributed by atoms with Gasteiger partial charge in [0.1, 0.15) is 0 Å². The lowest BCUT2D eigenvalue weighted by Crippen LogP contribution is -2.21. The highest BCUT2D eigenvalue weighted by Gasteiger charge is 2.17. The van der Waals surface area contributed by atoms with Crippen molar-refractivity contribution >= 4 is 5.78 Å². The lowest BCUT2D eigenvalue weighted by molar-refractivity contribution is 0.0966. The van der Waals surface area contributed by atoms with Gasteiger partial charge < -0.3 is 4.98 Å². The second kappa shape index (κ2) is 2.55. The van der Waals surface area contributed by atoms with Crippen LogP contribution in [-0.4, -0.2) is 15.8 Å². The molecule has 0 unspecified atom stereocenters. The van der Waals surface area contributed by atoms with Crippen LogP contribution in [-0.2, 0) is 6.42 Å².